The minimum atomic E-state index is -3.39. The van der Waals surface area contributed by atoms with Crippen LogP contribution in [-0.4, -0.2) is 49.3 Å². The van der Waals surface area contributed by atoms with Gasteiger partial charge in [0.25, 0.3) is 5.91 Å². The molecule has 1 fully saturated rings. The number of hydrogen-bond acceptors (Lipinski definition) is 4. The Morgan fingerprint density at radius 1 is 1.27 bits per heavy atom. The first-order chi connectivity index (χ1) is 10.3. The Kier molecular flexibility index (Phi) is 3.37. The molecule has 0 unspecified atom stereocenters. The van der Waals surface area contributed by atoms with E-state index in [0.29, 0.717) is 11.1 Å². The van der Waals surface area contributed by atoms with Crippen LogP contribution in [0.4, 0.5) is 0 Å². The summed E-state index contributed by atoms with van der Waals surface area (Å²) >= 11 is 0. The van der Waals surface area contributed by atoms with Crippen LogP contribution < -0.4 is 5.32 Å². The zero-order valence-corrected chi connectivity index (χ0v) is 13.3. The first kappa shape index (κ1) is 15.2. The van der Waals surface area contributed by atoms with Gasteiger partial charge in [-0.05, 0) is 19.9 Å². The van der Waals surface area contributed by atoms with Crippen LogP contribution in [0.25, 0.3) is 0 Å². The van der Waals surface area contributed by atoms with E-state index < -0.39 is 21.5 Å². The number of rotatable bonds is 2. The molecular weight excluding hydrogens is 304 g/mol. The minimum absolute atomic E-state index is 0.0193. The van der Waals surface area contributed by atoms with E-state index in [1.165, 1.54) is 4.31 Å². The molecule has 6 nitrogen and oxygen atoms in total. The number of sulfonamides is 1. The van der Waals surface area contributed by atoms with Crippen molar-refractivity contribution in [3.05, 3.63) is 35.4 Å². The van der Waals surface area contributed by atoms with Crippen LogP contribution >= 0.6 is 0 Å². The average Bonchev–Trinajstić information content (AvgIpc) is 2.82. The van der Waals surface area contributed by atoms with Gasteiger partial charge in [0, 0.05) is 18.7 Å². The fraction of sp³-hybridized carbons (Fsp3) is 0.467. The Morgan fingerprint density at radius 2 is 1.91 bits per heavy atom. The molecule has 0 radical (unpaired) electrons. The van der Waals surface area contributed by atoms with Crippen LogP contribution in [0, 0.1) is 5.41 Å². The molecule has 1 aromatic rings. The van der Waals surface area contributed by atoms with E-state index in [1.807, 2.05) is 0 Å². The molecule has 118 valence electrons. The number of amides is 1. The van der Waals surface area contributed by atoms with Crippen molar-refractivity contribution >= 4 is 21.7 Å². The molecule has 0 spiro atoms. The Hall–Kier alpha value is -1.73. The van der Waals surface area contributed by atoms with E-state index >= 15 is 0 Å². The molecule has 0 saturated carbocycles. The number of Topliss-reactive ketones (excluding diaryl/α,β-unsaturated/α-hetero) is 1. The van der Waals surface area contributed by atoms with Crippen molar-refractivity contribution in [1.82, 2.24) is 9.62 Å². The van der Waals surface area contributed by atoms with Crippen molar-refractivity contribution in [2.75, 3.05) is 18.8 Å². The summed E-state index contributed by atoms with van der Waals surface area (Å²) < 4.78 is 25.5. The quantitative estimate of drug-likeness (QED) is 0.867. The van der Waals surface area contributed by atoms with Crippen LogP contribution in [0.2, 0.25) is 0 Å². The molecule has 0 bridgehead atoms. The smallest absolute Gasteiger partial charge is 0.252 e. The Bertz CT molecular complexity index is 759. The molecule has 22 heavy (non-hydrogen) atoms. The molecule has 0 aromatic heterocycles. The zero-order chi connectivity index (χ0) is 16.1. The minimum Gasteiger partial charge on any atom is -0.347 e. The molecule has 1 aromatic carbocycles. The predicted molar refractivity (Wildman–Crippen MR) is 81.2 cm³/mol. The fourth-order valence-corrected chi connectivity index (χ4v) is 4.40. The summed E-state index contributed by atoms with van der Waals surface area (Å²) in [5, 5.41) is 2.83. The fourth-order valence-electron chi connectivity index (χ4n) is 3.20. The molecule has 2 aliphatic heterocycles. The Morgan fingerprint density at radius 3 is 2.55 bits per heavy atom. The lowest BCUT2D eigenvalue weighted by Gasteiger charge is -2.26. The number of benzene rings is 1. The van der Waals surface area contributed by atoms with Crippen molar-refractivity contribution in [1.29, 1.82) is 0 Å². The molecule has 1 amide bonds. The van der Waals surface area contributed by atoms with Crippen LogP contribution in [0.15, 0.2) is 24.3 Å². The first-order valence-corrected chi connectivity index (χ1v) is 8.83. The number of nitrogens with one attached hydrogen (secondary N) is 1. The number of fused-ring (bicyclic) bond motifs is 2. The second-order valence-electron chi connectivity index (χ2n) is 6.01. The number of carbonyl (C=O) groups excluding carboxylic acids is 2. The van der Waals surface area contributed by atoms with Gasteiger partial charge in [-0.1, -0.05) is 18.2 Å². The maximum atomic E-state index is 12.9. The molecule has 1 N–H and O–H groups in total. The highest BCUT2D eigenvalue weighted by Crippen LogP contribution is 2.38. The van der Waals surface area contributed by atoms with Crippen molar-refractivity contribution in [3.8, 4) is 0 Å². The monoisotopic (exact) mass is 322 g/mol. The summed E-state index contributed by atoms with van der Waals surface area (Å²) in [5.41, 5.74) is -0.224. The van der Waals surface area contributed by atoms with Crippen molar-refractivity contribution < 1.29 is 18.0 Å². The van der Waals surface area contributed by atoms with Gasteiger partial charge in [-0.25, -0.2) is 8.42 Å². The molecular formula is C15H18N2O4S. The van der Waals surface area contributed by atoms with Crippen LogP contribution in [-0.2, 0) is 10.0 Å². The van der Waals surface area contributed by atoms with Gasteiger partial charge in [0.2, 0.25) is 10.0 Å². The lowest BCUT2D eigenvalue weighted by Crippen LogP contribution is -2.47. The molecule has 2 aliphatic rings. The maximum absolute atomic E-state index is 12.9. The highest BCUT2D eigenvalue weighted by atomic mass is 32.2. The van der Waals surface area contributed by atoms with E-state index in [0.717, 1.165) is 0 Å². The van der Waals surface area contributed by atoms with Gasteiger partial charge in [0.15, 0.2) is 5.78 Å². The zero-order valence-electron chi connectivity index (χ0n) is 12.5. The van der Waals surface area contributed by atoms with E-state index in [1.54, 1.807) is 38.1 Å². The molecule has 0 aliphatic carbocycles. The molecule has 2 heterocycles. The van der Waals surface area contributed by atoms with Crippen molar-refractivity contribution in [3.63, 3.8) is 0 Å². The van der Waals surface area contributed by atoms with E-state index in [9.17, 15) is 18.0 Å². The molecule has 7 heteroatoms. The highest BCUT2D eigenvalue weighted by Gasteiger charge is 2.53. The summed E-state index contributed by atoms with van der Waals surface area (Å²) in [4.78, 5) is 25.3. The third-order valence-corrected chi connectivity index (χ3v) is 6.45. The van der Waals surface area contributed by atoms with Crippen LogP contribution in [0.5, 0.6) is 0 Å². The van der Waals surface area contributed by atoms with Crippen molar-refractivity contribution in [2.45, 2.75) is 19.9 Å². The van der Waals surface area contributed by atoms with Gasteiger partial charge in [-0.3, -0.25) is 9.59 Å². The Balaban J connectivity index is 2.07. The van der Waals surface area contributed by atoms with Gasteiger partial charge in [0.1, 0.15) is 0 Å². The first-order valence-electron chi connectivity index (χ1n) is 7.22. The SMILES string of the molecule is CCS(=O)(=O)N1C[C@H]2NC(=O)c3ccccc3C(=O)[C@@]2(C)C1. The normalized spacial score (nSPS) is 28.7. The van der Waals surface area contributed by atoms with Gasteiger partial charge >= 0.3 is 0 Å². The number of hydrogen-bond donors (Lipinski definition) is 1. The van der Waals surface area contributed by atoms with Gasteiger partial charge < -0.3 is 5.32 Å². The molecule has 3 rings (SSSR count). The van der Waals surface area contributed by atoms with Gasteiger partial charge in [0.05, 0.1) is 22.8 Å². The third kappa shape index (κ3) is 2.07. The third-order valence-electron chi connectivity index (χ3n) is 4.66. The second-order valence-corrected chi connectivity index (χ2v) is 8.27. The predicted octanol–water partition coefficient (Wildman–Crippen LogP) is 0.653. The van der Waals surface area contributed by atoms with E-state index in [4.69, 9.17) is 0 Å². The summed E-state index contributed by atoms with van der Waals surface area (Å²) in [6.45, 7) is 3.54. The van der Waals surface area contributed by atoms with Gasteiger partial charge in [-0.15, -0.1) is 0 Å². The van der Waals surface area contributed by atoms with Crippen molar-refractivity contribution in [2.24, 2.45) is 5.41 Å². The lowest BCUT2D eigenvalue weighted by atomic mass is 9.78. The number of ketones is 1. The largest absolute Gasteiger partial charge is 0.347 e. The van der Waals surface area contributed by atoms with Gasteiger partial charge in [-0.2, -0.15) is 4.31 Å². The summed E-state index contributed by atoms with van der Waals surface area (Å²) in [6.07, 6.45) is 0. The summed E-state index contributed by atoms with van der Waals surface area (Å²) in [7, 11) is -3.39. The summed E-state index contributed by atoms with van der Waals surface area (Å²) in [6, 6.07) is 6.16. The highest BCUT2D eigenvalue weighted by molar-refractivity contribution is 7.89. The van der Waals surface area contributed by atoms with E-state index in [-0.39, 0.29) is 30.5 Å². The van der Waals surface area contributed by atoms with E-state index in [2.05, 4.69) is 5.32 Å². The topological polar surface area (TPSA) is 83.6 Å². The van der Waals surface area contributed by atoms with Crippen LogP contribution in [0.3, 0.4) is 0 Å². The molecule has 1 saturated heterocycles. The number of carbonyl (C=O) groups is 2. The summed E-state index contributed by atoms with van der Waals surface area (Å²) in [5.74, 6) is -0.525. The van der Waals surface area contributed by atoms with Crippen LogP contribution in [0.1, 0.15) is 34.6 Å². The molecule has 2 atom stereocenters. The number of nitrogens with zero attached hydrogens (tertiary/aromatic N) is 1. The standard InChI is InChI=1S/C15H18N2O4S/c1-3-22(20,21)17-8-12-15(2,9-17)13(18)10-6-4-5-7-11(10)14(19)16-12/h4-7,12H,3,8-9H2,1-2H3,(H,16,19)/t12-,15+/m1/s1. The maximum Gasteiger partial charge on any atom is 0.252 e. The lowest BCUT2D eigenvalue weighted by molar-refractivity contribution is 0.0796. The second kappa shape index (κ2) is 4.89. The Labute approximate surface area is 129 Å². The average molecular weight is 322 g/mol.